The number of nitriles is 1. The lowest BCUT2D eigenvalue weighted by Gasteiger charge is -2.39. The number of nitrogens with zero attached hydrogens (tertiary/aromatic N) is 5. The number of hydrogen-bond donors (Lipinski definition) is 1. The number of amides is 1. The third-order valence-electron chi connectivity index (χ3n) is 12.7. The Bertz CT molecular complexity index is 2210. The molecule has 14 heteroatoms. The number of aromatic nitrogens is 2. The maximum Gasteiger partial charge on any atom is 0.345 e. The second-order valence-corrected chi connectivity index (χ2v) is 16.8. The Hall–Kier alpha value is -3.60. The topological polar surface area (TPSA) is 95.6 Å². The lowest BCUT2D eigenvalue weighted by Crippen LogP contribution is -2.41. The van der Waals surface area contributed by atoms with Crippen molar-refractivity contribution in [3.63, 3.8) is 0 Å². The molecule has 2 aromatic heterocycles. The van der Waals surface area contributed by atoms with Gasteiger partial charge in [0.15, 0.2) is 5.82 Å². The molecular formula is C41H43Cl2F3N6O3. The largest absolute Gasteiger partial charge is 0.472 e. The highest BCUT2D eigenvalue weighted by atomic mass is 35.5. The Morgan fingerprint density at radius 1 is 1.16 bits per heavy atom. The average Bonchev–Trinajstić information content (AvgIpc) is 3.58. The number of carbonyl (C=O) groups is 1. The van der Waals surface area contributed by atoms with Gasteiger partial charge in [-0.05, 0) is 88.7 Å². The van der Waals surface area contributed by atoms with E-state index in [4.69, 9.17) is 37.7 Å². The standard InChI is InChI=1S/C41H43Cl2F3N6O3/c1-20(30-9-5-13-50(30)2)54-39-27-17-32(31-16-24(55-41(45)46)19-51(31)40(53)21-10-11-21)52(37-23-15-29(37)48-18-23)38(27)26-14-22(6-4-12-47)33(35(44)36(26)49-39)25-7-3-8-28(42)34(25)43/h3,7-8,14,17,20-21,23-24,29-31,37,41,48H,4-6,9-11,13,15-16,18-19H2,1-2H3/t20-,23+,24-,29+,30?,31+,37-/m0/s1. The highest BCUT2D eigenvalue weighted by Gasteiger charge is 2.51. The van der Waals surface area contributed by atoms with Gasteiger partial charge in [0.05, 0.1) is 45.2 Å². The fourth-order valence-electron chi connectivity index (χ4n) is 9.92. The van der Waals surface area contributed by atoms with Gasteiger partial charge in [0.1, 0.15) is 11.6 Å². The summed E-state index contributed by atoms with van der Waals surface area (Å²) in [5, 5.41) is 15.0. The van der Waals surface area contributed by atoms with Crippen LogP contribution in [0.3, 0.4) is 0 Å². The van der Waals surface area contributed by atoms with Crippen LogP contribution in [-0.4, -0.2) is 82.8 Å². The summed E-state index contributed by atoms with van der Waals surface area (Å²) in [5.41, 5.74) is 2.78. The molecule has 0 spiro atoms. The molecule has 9 nitrogen and oxygen atoms in total. The summed E-state index contributed by atoms with van der Waals surface area (Å²) in [4.78, 5) is 22.9. The van der Waals surface area contributed by atoms with E-state index in [1.54, 1.807) is 23.1 Å². The van der Waals surface area contributed by atoms with E-state index in [2.05, 4.69) is 27.9 Å². The normalized spacial score (nSPS) is 27.0. The molecule has 2 bridgehead atoms. The van der Waals surface area contributed by atoms with Gasteiger partial charge >= 0.3 is 6.61 Å². The Labute approximate surface area is 327 Å². The van der Waals surface area contributed by atoms with Crippen LogP contribution in [0.2, 0.25) is 10.0 Å². The van der Waals surface area contributed by atoms with Crippen molar-refractivity contribution >= 4 is 50.9 Å². The van der Waals surface area contributed by atoms with Gasteiger partial charge in [0.25, 0.3) is 0 Å². The van der Waals surface area contributed by atoms with E-state index in [1.807, 2.05) is 19.1 Å². The van der Waals surface area contributed by atoms with Crippen molar-refractivity contribution in [2.24, 2.45) is 11.8 Å². The third kappa shape index (κ3) is 6.35. The quantitative estimate of drug-likeness (QED) is 0.163. The van der Waals surface area contributed by atoms with Crippen LogP contribution in [0.4, 0.5) is 13.2 Å². The molecule has 2 saturated carbocycles. The van der Waals surface area contributed by atoms with Crippen molar-refractivity contribution in [2.45, 2.75) is 101 Å². The number of nitrogens with one attached hydrogen (secondary N) is 1. The summed E-state index contributed by atoms with van der Waals surface area (Å²) in [6, 6.07) is 10.8. The molecule has 6 fully saturated rings. The monoisotopic (exact) mass is 794 g/mol. The molecule has 1 amide bonds. The molecule has 4 aromatic rings. The van der Waals surface area contributed by atoms with E-state index >= 15 is 4.39 Å². The highest BCUT2D eigenvalue weighted by Crippen LogP contribution is 2.52. The number of rotatable bonds is 11. The van der Waals surface area contributed by atoms with Crippen molar-refractivity contribution in [1.29, 1.82) is 5.26 Å². The van der Waals surface area contributed by atoms with Crippen molar-refractivity contribution in [3.8, 4) is 23.1 Å². The Balaban J connectivity index is 1.32. The van der Waals surface area contributed by atoms with Gasteiger partial charge < -0.3 is 24.3 Å². The molecule has 7 atom stereocenters. The van der Waals surface area contributed by atoms with E-state index in [9.17, 15) is 18.8 Å². The van der Waals surface area contributed by atoms with Crippen LogP contribution in [0.25, 0.3) is 32.9 Å². The molecule has 0 radical (unpaired) electrons. The van der Waals surface area contributed by atoms with E-state index < -0.39 is 24.6 Å². The van der Waals surface area contributed by atoms with E-state index in [0.29, 0.717) is 27.4 Å². The summed E-state index contributed by atoms with van der Waals surface area (Å²) in [6.07, 6.45) is 3.91. The summed E-state index contributed by atoms with van der Waals surface area (Å²) >= 11 is 13.2. The third-order valence-corrected chi connectivity index (χ3v) is 13.6. The summed E-state index contributed by atoms with van der Waals surface area (Å²) < 4.78 is 59.2. The molecule has 1 unspecified atom stereocenters. The van der Waals surface area contributed by atoms with Crippen molar-refractivity contribution in [2.75, 3.05) is 26.7 Å². The van der Waals surface area contributed by atoms with Gasteiger partial charge in [-0.1, -0.05) is 35.3 Å². The van der Waals surface area contributed by atoms with Crippen molar-refractivity contribution in [1.82, 2.24) is 24.7 Å². The zero-order chi connectivity index (χ0) is 38.3. The first kappa shape index (κ1) is 37.0. The van der Waals surface area contributed by atoms with Gasteiger partial charge in [-0.2, -0.15) is 14.0 Å². The van der Waals surface area contributed by atoms with Gasteiger partial charge in [-0.25, -0.2) is 9.37 Å². The minimum Gasteiger partial charge on any atom is -0.472 e. The lowest BCUT2D eigenvalue weighted by molar-refractivity contribution is -0.160. The maximum atomic E-state index is 17.6. The summed E-state index contributed by atoms with van der Waals surface area (Å²) in [6.45, 7) is 0.841. The smallest absolute Gasteiger partial charge is 0.345 e. The zero-order valence-electron chi connectivity index (χ0n) is 30.7. The molecule has 10 rings (SSSR count). The lowest BCUT2D eigenvalue weighted by atomic mass is 9.79. The van der Waals surface area contributed by atoms with Gasteiger partial charge in [0, 0.05) is 66.1 Å². The molecule has 55 heavy (non-hydrogen) atoms. The number of pyridine rings is 1. The maximum absolute atomic E-state index is 17.6. The van der Waals surface area contributed by atoms with E-state index in [0.717, 1.165) is 50.9 Å². The van der Waals surface area contributed by atoms with Gasteiger partial charge in [-0.15, -0.1) is 0 Å². The summed E-state index contributed by atoms with van der Waals surface area (Å²) in [7, 11) is 2.07. The first-order chi connectivity index (χ1) is 26.5. The molecule has 4 saturated heterocycles. The zero-order valence-corrected chi connectivity index (χ0v) is 32.2. The fourth-order valence-corrected chi connectivity index (χ4v) is 10.3. The SMILES string of the molecule is C[C@H](Oc1nc2c(F)c(-c3cccc(Cl)c3Cl)c(CCC#N)cc2c2c1cc([C@H]1C[C@H](OC(F)F)CN1C(=O)C1CC1)n2[C@H]1[C@H]2CN[C@@H]1C2)C1CCCN1C. The number of hydrogen-bond acceptors (Lipinski definition) is 7. The molecule has 6 aliphatic rings. The van der Waals surface area contributed by atoms with Crippen molar-refractivity contribution < 1.29 is 27.4 Å². The number of ether oxygens (including phenoxy) is 2. The first-order valence-corrected chi connectivity index (χ1v) is 20.1. The second-order valence-electron chi connectivity index (χ2n) is 16.0. The minimum absolute atomic E-state index is 0.0371. The van der Waals surface area contributed by atoms with Crippen LogP contribution in [0.1, 0.15) is 75.2 Å². The fraction of sp³-hybridized carbons (Fsp3) is 0.537. The number of likely N-dealkylation sites (tertiary alicyclic amines) is 2. The highest BCUT2D eigenvalue weighted by molar-refractivity contribution is 6.43. The average molecular weight is 796 g/mol. The Kier molecular flexibility index (Phi) is 9.69. The van der Waals surface area contributed by atoms with Crippen LogP contribution >= 0.6 is 23.2 Å². The van der Waals surface area contributed by atoms with Crippen LogP contribution in [0.5, 0.6) is 5.88 Å². The number of likely N-dealkylation sites (N-methyl/N-ethyl adjacent to an activating group) is 1. The van der Waals surface area contributed by atoms with Crippen LogP contribution in [-0.2, 0) is 16.0 Å². The molecular weight excluding hydrogens is 752 g/mol. The predicted molar refractivity (Wildman–Crippen MR) is 204 cm³/mol. The second kappa shape index (κ2) is 14.4. The Morgan fingerprint density at radius 2 is 1.98 bits per heavy atom. The first-order valence-electron chi connectivity index (χ1n) is 19.4. The van der Waals surface area contributed by atoms with E-state index in [1.165, 1.54) is 0 Å². The molecule has 6 heterocycles. The number of carbonyl (C=O) groups excluding carboxylic acids is 1. The number of benzene rings is 2. The van der Waals surface area contributed by atoms with Crippen LogP contribution < -0.4 is 10.1 Å². The molecule has 2 aliphatic carbocycles. The van der Waals surface area contributed by atoms with Crippen LogP contribution in [0, 0.1) is 29.0 Å². The molecule has 1 N–H and O–H groups in total. The summed E-state index contributed by atoms with van der Waals surface area (Å²) in [5.74, 6) is -0.256. The number of aryl methyl sites for hydroxylation is 1. The molecule has 290 valence electrons. The molecule has 2 aromatic carbocycles. The Morgan fingerprint density at radius 3 is 2.65 bits per heavy atom. The predicted octanol–water partition coefficient (Wildman–Crippen LogP) is 8.44. The van der Waals surface area contributed by atoms with Gasteiger partial charge in [0.2, 0.25) is 11.8 Å². The number of fused-ring (bicyclic) bond motifs is 4. The number of halogens is 5. The molecule has 4 aliphatic heterocycles. The van der Waals surface area contributed by atoms with Gasteiger partial charge in [-0.3, -0.25) is 9.69 Å². The number of alkyl halides is 2. The van der Waals surface area contributed by atoms with Crippen molar-refractivity contribution in [3.05, 3.63) is 57.5 Å². The van der Waals surface area contributed by atoms with Crippen LogP contribution in [0.15, 0.2) is 30.3 Å². The van der Waals surface area contributed by atoms with E-state index in [-0.39, 0.29) is 94.8 Å². The minimum atomic E-state index is -2.97.